The number of hydrogen-bond donors (Lipinski definition) is 1. The fourth-order valence-electron chi connectivity index (χ4n) is 2.94. The van der Waals surface area contributed by atoms with E-state index in [2.05, 4.69) is 5.32 Å². The molecule has 4 heteroatoms. The van der Waals surface area contributed by atoms with Gasteiger partial charge in [0.2, 0.25) is 5.91 Å². The zero-order chi connectivity index (χ0) is 10.4. The summed E-state index contributed by atoms with van der Waals surface area (Å²) >= 11 is 0. The Hall–Kier alpha value is -0.640. The van der Waals surface area contributed by atoms with Crippen LogP contribution in [-0.2, 0) is 4.79 Å². The second-order valence-corrected chi connectivity index (χ2v) is 5.23. The van der Waals surface area contributed by atoms with E-state index in [1.54, 1.807) is 0 Å². The average Bonchev–Trinajstić information content (AvgIpc) is 2.94. The fraction of sp³-hybridized carbons (Fsp3) is 0.909. The topological polar surface area (TPSA) is 32.3 Å². The summed E-state index contributed by atoms with van der Waals surface area (Å²) in [7, 11) is 0. The van der Waals surface area contributed by atoms with Crippen molar-refractivity contribution in [3.8, 4) is 0 Å². The Morgan fingerprint density at radius 3 is 2.33 bits per heavy atom. The molecule has 2 heterocycles. The van der Waals surface area contributed by atoms with E-state index in [-0.39, 0.29) is 11.8 Å². The quantitative estimate of drug-likeness (QED) is 0.683. The lowest BCUT2D eigenvalue weighted by molar-refractivity contribution is -0.136. The van der Waals surface area contributed by atoms with E-state index < -0.39 is 6.17 Å². The number of alkyl halides is 1. The lowest BCUT2D eigenvalue weighted by atomic mass is 9.85. The van der Waals surface area contributed by atoms with Crippen molar-refractivity contribution in [1.82, 2.24) is 10.2 Å². The first-order chi connectivity index (χ1) is 7.24. The lowest BCUT2D eigenvalue weighted by Gasteiger charge is -2.41. The van der Waals surface area contributed by atoms with Crippen LogP contribution in [0.3, 0.4) is 0 Å². The molecule has 1 N–H and O–H groups in total. The van der Waals surface area contributed by atoms with Gasteiger partial charge in [0.05, 0.1) is 5.92 Å². The van der Waals surface area contributed by atoms with Crippen molar-refractivity contribution in [2.75, 3.05) is 26.2 Å². The molecule has 2 unspecified atom stereocenters. The summed E-state index contributed by atoms with van der Waals surface area (Å²) in [5.74, 6) is 0.965. The molecule has 1 aliphatic carbocycles. The molecule has 2 aliphatic heterocycles. The molecule has 4 atom stereocenters. The smallest absolute Gasteiger partial charge is 0.228 e. The van der Waals surface area contributed by atoms with Crippen LogP contribution in [0, 0.1) is 17.8 Å². The Kier molecular flexibility index (Phi) is 2.20. The van der Waals surface area contributed by atoms with Gasteiger partial charge in [0.25, 0.3) is 0 Å². The van der Waals surface area contributed by atoms with Crippen LogP contribution < -0.4 is 5.32 Å². The van der Waals surface area contributed by atoms with Crippen LogP contribution in [0.5, 0.6) is 0 Å². The molecular formula is C11H17FN2O. The molecule has 1 amide bonds. The van der Waals surface area contributed by atoms with Gasteiger partial charge in [0.15, 0.2) is 0 Å². The number of likely N-dealkylation sites (tertiary alicyclic amines) is 1. The third-order valence-electron chi connectivity index (χ3n) is 3.83. The average molecular weight is 212 g/mol. The Labute approximate surface area is 89.0 Å². The van der Waals surface area contributed by atoms with Crippen LogP contribution >= 0.6 is 0 Å². The van der Waals surface area contributed by atoms with Gasteiger partial charge < -0.3 is 10.2 Å². The minimum Gasteiger partial charge on any atom is -0.342 e. The van der Waals surface area contributed by atoms with Gasteiger partial charge >= 0.3 is 0 Å². The predicted octanol–water partition coefficient (Wildman–Crippen LogP) is 0.412. The molecule has 3 aliphatic rings. The summed E-state index contributed by atoms with van der Waals surface area (Å²) in [6.45, 7) is 3.71. The van der Waals surface area contributed by atoms with Crippen molar-refractivity contribution in [3.63, 3.8) is 0 Å². The summed E-state index contributed by atoms with van der Waals surface area (Å²) < 4.78 is 12.8. The Balaban J connectivity index is 1.64. The van der Waals surface area contributed by atoms with Gasteiger partial charge in [0, 0.05) is 13.1 Å². The standard InChI is InChI=1S/C11H17FN2O/c12-10-2-9(10)11(15)14-5-7-1-8(6-14)4-13-3-7/h7-10,13H,1-6H2/t7?,8?,9-,10+/m1/s1. The molecule has 1 saturated carbocycles. The van der Waals surface area contributed by atoms with Crippen molar-refractivity contribution in [2.45, 2.75) is 19.0 Å². The maximum atomic E-state index is 12.8. The third kappa shape index (κ3) is 1.75. The van der Waals surface area contributed by atoms with Crippen LogP contribution in [0.25, 0.3) is 0 Å². The number of carbonyl (C=O) groups is 1. The number of nitrogens with zero attached hydrogens (tertiary/aromatic N) is 1. The van der Waals surface area contributed by atoms with E-state index in [4.69, 9.17) is 0 Å². The van der Waals surface area contributed by atoms with Gasteiger partial charge in [-0.05, 0) is 37.8 Å². The van der Waals surface area contributed by atoms with E-state index in [0.29, 0.717) is 18.3 Å². The minimum absolute atomic E-state index is 0.0686. The Morgan fingerprint density at radius 1 is 1.20 bits per heavy atom. The Morgan fingerprint density at radius 2 is 1.80 bits per heavy atom. The maximum Gasteiger partial charge on any atom is 0.228 e. The number of piperidine rings is 2. The molecule has 2 bridgehead atoms. The van der Waals surface area contributed by atoms with Crippen LogP contribution in [0.1, 0.15) is 12.8 Å². The van der Waals surface area contributed by atoms with Gasteiger partial charge in [-0.2, -0.15) is 0 Å². The predicted molar refractivity (Wildman–Crippen MR) is 54.0 cm³/mol. The highest BCUT2D eigenvalue weighted by Gasteiger charge is 2.47. The minimum atomic E-state index is -0.850. The van der Waals surface area contributed by atoms with Crippen molar-refractivity contribution >= 4 is 5.91 Å². The third-order valence-corrected chi connectivity index (χ3v) is 3.83. The van der Waals surface area contributed by atoms with E-state index in [9.17, 15) is 9.18 Å². The molecule has 0 radical (unpaired) electrons. The number of halogens is 1. The second kappa shape index (κ2) is 3.44. The van der Waals surface area contributed by atoms with Crippen LogP contribution in [0.4, 0.5) is 4.39 Å². The zero-order valence-corrected chi connectivity index (χ0v) is 8.79. The molecule has 3 fully saturated rings. The fourth-order valence-corrected chi connectivity index (χ4v) is 2.94. The van der Waals surface area contributed by atoms with Gasteiger partial charge in [0.1, 0.15) is 6.17 Å². The van der Waals surface area contributed by atoms with Gasteiger partial charge in [-0.15, -0.1) is 0 Å². The lowest BCUT2D eigenvalue weighted by Crippen LogP contribution is -2.53. The van der Waals surface area contributed by atoms with Gasteiger partial charge in [-0.3, -0.25) is 4.79 Å². The van der Waals surface area contributed by atoms with Crippen molar-refractivity contribution in [3.05, 3.63) is 0 Å². The number of hydrogen-bond acceptors (Lipinski definition) is 2. The number of amides is 1. The van der Waals surface area contributed by atoms with Crippen LogP contribution in [0.15, 0.2) is 0 Å². The summed E-state index contributed by atoms with van der Waals surface area (Å²) in [6.07, 6.45) is 0.848. The van der Waals surface area contributed by atoms with Crippen molar-refractivity contribution < 1.29 is 9.18 Å². The molecule has 0 aromatic rings. The van der Waals surface area contributed by atoms with Gasteiger partial charge in [-0.1, -0.05) is 0 Å². The molecule has 15 heavy (non-hydrogen) atoms. The number of rotatable bonds is 1. The second-order valence-electron chi connectivity index (χ2n) is 5.23. The first kappa shape index (κ1) is 9.58. The highest BCUT2D eigenvalue weighted by Crippen LogP contribution is 2.37. The summed E-state index contributed by atoms with van der Waals surface area (Å²) in [4.78, 5) is 13.8. The number of carbonyl (C=O) groups excluding carboxylic acids is 1. The molecule has 84 valence electrons. The summed E-state index contributed by atoms with van der Waals surface area (Å²) in [5.41, 5.74) is 0. The van der Waals surface area contributed by atoms with Crippen molar-refractivity contribution in [2.24, 2.45) is 17.8 Å². The monoisotopic (exact) mass is 212 g/mol. The molecule has 3 nitrogen and oxygen atoms in total. The highest BCUT2D eigenvalue weighted by atomic mass is 19.1. The van der Waals surface area contributed by atoms with E-state index in [1.807, 2.05) is 4.90 Å². The van der Waals surface area contributed by atoms with E-state index in [1.165, 1.54) is 6.42 Å². The van der Waals surface area contributed by atoms with Crippen molar-refractivity contribution in [1.29, 1.82) is 0 Å². The molecular weight excluding hydrogens is 195 g/mol. The molecule has 3 rings (SSSR count). The van der Waals surface area contributed by atoms with Gasteiger partial charge in [-0.25, -0.2) is 4.39 Å². The summed E-state index contributed by atoms with van der Waals surface area (Å²) in [5, 5.41) is 3.39. The first-order valence-electron chi connectivity index (χ1n) is 5.87. The largest absolute Gasteiger partial charge is 0.342 e. The molecule has 2 saturated heterocycles. The number of fused-ring (bicyclic) bond motifs is 2. The SMILES string of the molecule is O=C([C@@H]1C[C@@H]1F)N1CC2CNCC(C2)C1. The zero-order valence-electron chi connectivity index (χ0n) is 8.79. The van der Waals surface area contributed by atoms with Crippen LogP contribution in [0.2, 0.25) is 0 Å². The molecule has 0 aromatic heterocycles. The summed E-state index contributed by atoms with van der Waals surface area (Å²) in [6, 6.07) is 0. The molecule has 0 spiro atoms. The maximum absolute atomic E-state index is 12.8. The Bertz CT molecular complexity index is 272. The first-order valence-corrected chi connectivity index (χ1v) is 5.87. The number of nitrogens with one attached hydrogen (secondary N) is 1. The van der Waals surface area contributed by atoms with E-state index in [0.717, 1.165) is 26.2 Å². The normalized spacial score (nSPS) is 43.9. The molecule has 0 aromatic carbocycles. The van der Waals surface area contributed by atoms with Crippen LogP contribution in [-0.4, -0.2) is 43.2 Å². The van der Waals surface area contributed by atoms with E-state index >= 15 is 0 Å². The highest BCUT2D eigenvalue weighted by molar-refractivity contribution is 5.82.